The van der Waals surface area contributed by atoms with Crippen LogP contribution in [-0.2, 0) is 6.54 Å². The van der Waals surface area contributed by atoms with Crippen LogP contribution in [0.4, 0.5) is 0 Å². The summed E-state index contributed by atoms with van der Waals surface area (Å²) < 4.78 is 7.49. The van der Waals surface area contributed by atoms with Crippen LogP contribution in [0.3, 0.4) is 0 Å². The number of ether oxygens (including phenoxy) is 1. The predicted molar refractivity (Wildman–Crippen MR) is 99.3 cm³/mol. The number of hydrogen-bond donors (Lipinski definition) is 1. The molecule has 0 aliphatic rings. The lowest BCUT2D eigenvalue weighted by molar-refractivity contribution is 0.335. The molecule has 0 aliphatic carbocycles. The number of rotatable bonds is 6. The fourth-order valence-electron chi connectivity index (χ4n) is 2.58. The van der Waals surface area contributed by atoms with Crippen molar-refractivity contribution in [3.8, 4) is 23.1 Å². The maximum Gasteiger partial charge on any atom is 0.270 e. The van der Waals surface area contributed by atoms with Gasteiger partial charge in [-0.15, -0.1) is 0 Å². The standard InChI is InChI=1S/C18H17N5O2S/c1-3-25-15-6-5-12(9-13(15)11-23-8-4-7-20-23)16-14(10-19)17(24)22-18(21-16)26-2/h4-9H,3,11H2,1-2H3,(H,21,22,24). The quantitative estimate of drug-likeness (QED) is 0.531. The predicted octanol–water partition coefficient (Wildman–Crippen LogP) is 2.67. The molecule has 8 heteroatoms. The minimum Gasteiger partial charge on any atom is -0.494 e. The van der Waals surface area contributed by atoms with Crippen molar-refractivity contribution in [1.82, 2.24) is 19.7 Å². The molecule has 2 heterocycles. The molecule has 3 rings (SSSR count). The van der Waals surface area contributed by atoms with Crippen molar-refractivity contribution in [3.63, 3.8) is 0 Å². The van der Waals surface area contributed by atoms with E-state index in [0.29, 0.717) is 29.6 Å². The maximum absolute atomic E-state index is 12.2. The largest absolute Gasteiger partial charge is 0.494 e. The molecule has 0 saturated heterocycles. The minimum atomic E-state index is -0.440. The monoisotopic (exact) mass is 367 g/mol. The molecule has 1 aromatic carbocycles. The summed E-state index contributed by atoms with van der Waals surface area (Å²) in [5.41, 5.74) is 1.50. The number of hydrogen-bond acceptors (Lipinski definition) is 6. The first-order chi connectivity index (χ1) is 12.7. The zero-order chi connectivity index (χ0) is 18.5. The third kappa shape index (κ3) is 3.63. The van der Waals surface area contributed by atoms with Gasteiger partial charge in [0, 0.05) is 23.5 Å². The summed E-state index contributed by atoms with van der Waals surface area (Å²) in [6.07, 6.45) is 5.39. The molecule has 0 fully saturated rings. The number of thioether (sulfide) groups is 1. The molecule has 3 aromatic rings. The van der Waals surface area contributed by atoms with Crippen molar-refractivity contribution in [1.29, 1.82) is 5.26 Å². The molecule has 0 atom stereocenters. The molecular formula is C18H17N5O2S. The van der Waals surface area contributed by atoms with Gasteiger partial charge in [-0.25, -0.2) is 4.98 Å². The van der Waals surface area contributed by atoms with Crippen molar-refractivity contribution >= 4 is 11.8 Å². The Labute approximate surface area is 154 Å². The number of nitrogens with zero attached hydrogens (tertiary/aromatic N) is 4. The zero-order valence-electron chi connectivity index (χ0n) is 14.4. The number of aromatic amines is 1. The second-order valence-electron chi connectivity index (χ2n) is 5.37. The van der Waals surface area contributed by atoms with Crippen LogP contribution in [0, 0.1) is 11.3 Å². The Bertz CT molecular complexity index is 1010. The van der Waals surface area contributed by atoms with Crippen LogP contribution >= 0.6 is 11.8 Å². The number of nitriles is 1. The average Bonchev–Trinajstić information content (AvgIpc) is 3.15. The zero-order valence-corrected chi connectivity index (χ0v) is 15.2. The van der Waals surface area contributed by atoms with Gasteiger partial charge in [0.05, 0.1) is 18.8 Å². The first-order valence-corrected chi connectivity index (χ1v) is 9.20. The van der Waals surface area contributed by atoms with E-state index in [1.54, 1.807) is 10.9 Å². The molecule has 1 N–H and O–H groups in total. The fourth-order valence-corrected chi connectivity index (χ4v) is 2.95. The summed E-state index contributed by atoms with van der Waals surface area (Å²) in [5.74, 6) is 0.736. The van der Waals surface area contributed by atoms with Gasteiger partial charge in [-0.1, -0.05) is 11.8 Å². The molecule has 0 unspecified atom stereocenters. The van der Waals surface area contributed by atoms with Crippen molar-refractivity contribution in [2.45, 2.75) is 18.6 Å². The second kappa shape index (κ2) is 7.89. The Morgan fingerprint density at radius 1 is 1.42 bits per heavy atom. The van der Waals surface area contributed by atoms with Crippen LogP contribution in [0.2, 0.25) is 0 Å². The van der Waals surface area contributed by atoms with Gasteiger partial charge in [0.1, 0.15) is 17.4 Å². The normalized spacial score (nSPS) is 10.5. The van der Waals surface area contributed by atoms with E-state index in [2.05, 4.69) is 15.1 Å². The highest BCUT2D eigenvalue weighted by atomic mass is 32.2. The van der Waals surface area contributed by atoms with E-state index in [0.717, 1.165) is 11.3 Å². The van der Waals surface area contributed by atoms with Crippen molar-refractivity contribution in [2.24, 2.45) is 0 Å². The third-order valence-corrected chi connectivity index (χ3v) is 4.31. The van der Waals surface area contributed by atoms with Gasteiger partial charge < -0.3 is 9.72 Å². The van der Waals surface area contributed by atoms with Gasteiger partial charge in [-0.2, -0.15) is 10.4 Å². The summed E-state index contributed by atoms with van der Waals surface area (Å²) in [6, 6.07) is 9.33. The van der Waals surface area contributed by atoms with Gasteiger partial charge in [-0.05, 0) is 37.4 Å². The smallest absolute Gasteiger partial charge is 0.270 e. The van der Waals surface area contributed by atoms with E-state index in [1.165, 1.54) is 11.8 Å². The van der Waals surface area contributed by atoms with E-state index in [-0.39, 0.29) is 5.56 Å². The lowest BCUT2D eigenvalue weighted by Crippen LogP contribution is -2.14. The van der Waals surface area contributed by atoms with Crippen LogP contribution < -0.4 is 10.3 Å². The number of aromatic nitrogens is 4. The first-order valence-electron chi connectivity index (χ1n) is 7.98. The summed E-state index contributed by atoms with van der Waals surface area (Å²) in [7, 11) is 0. The van der Waals surface area contributed by atoms with Crippen molar-refractivity contribution in [3.05, 3.63) is 58.1 Å². The van der Waals surface area contributed by atoms with E-state index in [4.69, 9.17) is 4.74 Å². The molecule has 2 aromatic heterocycles. The van der Waals surface area contributed by atoms with E-state index < -0.39 is 5.56 Å². The molecule has 0 spiro atoms. The van der Waals surface area contributed by atoms with Gasteiger partial charge >= 0.3 is 0 Å². The Morgan fingerprint density at radius 3 is 2.92 bits per heavy atom. The summed E-state index contributed by atoms with van der Waals surface area (Å²) in [5, 5.41) is 14.1. The SMILES string of the molecule is CCOc1ccc(-c2nc(SC)[nH]c(=O)c2C#N)cc1Cn1cccn1. The maximum atomic E-state index is 12.2. The Morgan fingerprint density at radius 2 is 2.27 bits per heavy atom. The highest BCUT2D eigenvalue weighted by Gasteiger charge is 2.15. The molecular weight excluding hydrogens is 350 g/mol. The third-order valence-electron chi connectivity index (χ3n) is 3.73. The number of benzene rings is 1. The lowest BCUT2D eigenvalue weighted by atomic mass is 10.0. The molecule has 0 aliphatic heterocycles. The van der Waals surface area contributed by atoms with E-state index >= 15 is 0 Å². The number of H-pyrrole nitrogens is 1. The highest BCUT2D eigenvalue weighted by Crippen LogP contribution is 2.28. The summed E-state index contributed by atoms with van der Waals surface area (Å²) in [4.78, 5) is 19.2. The average molecular weight is 367 g/mol. The van der Waals surface area contributed by atoms with Crippen LogP contribution in [0.1, 0.15) is 18.1 Å². The Hall–Kier alpha value is -3.05. The van der Waals surface area contributed by atoms with Gasteiger partial charge in [-0.3, -0.25) is 9.48 Å². The van der Waals surface area contributed by atoms with Gasteiger partial charge in [0.25, 0.3) is 5.56 Å². The fraction of sp³-hybridized carbons (Fsp3) is 0.222. The highest BCUT2D eigenvalue weighted by molar-refractivity contribution is 7.98. The molecule has 132 valence electrons. The van der Waals surface area contributed by atoms with E-state index in [9.17, 15) is 10.1 Å². The number of nitrogens with one attached hydrogen (secondary N) is 1. The molecule has 0 radical (unpaired) electrons. The van der Waals surface area contributed by atoms with Crippen LogP contribution in [0.15, 0.2) is 46.6 Å². The summed E-state index contributed by atoms with van der Waals surface area (Å²) in [6.45, 7) is 2.97. The summed E-state index contributed by atoms with van der Waals surface area (Å²) >= 11 is 1.32. The van der Waals surface area contributed by atoms with Crippen molar-refractivity contribution < 1.29 is 4.74 Å². The van der Waals surface area contributed by atoms with Gasteiger partial charge in [0.15, 0.2) is 5.16 Å². The van der Waals surface area contributed by atoms with Crippen LogP contribution in [0.25, 0.3) is 11.3 Å². The van der Waals surface area contributed by atoms with Crippen LogP contribution in [-0.4, -0.2) is 32.6 Å². The topological polar surface area (TPSA) is 96.6 Å². The van der Waals surface area contributed by atoms with Crippen molar-refractivity contribution in [2.75, 3.05) is 12.9 Å². The molecule has 26 heavy (non-hydrogen) atoms. The molecule has 0 bridgehead atoms. The van der Waals surface area contributed by atoms with Gasteiger partial charge in [0.2, 0.25) is 0 Å². The molecule has 0 amide bonds. The lowest BCUT2D eigenvalue weighted by Gasteiger charge is -2.13. The van der Waals surface area contributed by atoms with E-state index in [1.807, 2.05) is 49.7 Å². The Kier molecular flexibility index (Phi) is 5.39. The molecule has 0 saturated carbocycles. The molecule has 7 nitrogen and oxygen atoms in total. The Balaban J connectivity index is 2.13. The first kappa shape index (κ1) is 17.8. The minimum absolute atomic E-state index is 0.00278. The second-order valence-corrected chi connectivity index (χ2v) is 6.16. The van der Waals surface area contributed by atoms with Crippen LogP contribution in [0.5, 0.6) is 5.75 Å².